The molecule has 0 aliphatic carbocycles. The van der Waals surface area contributed by atoms with E-state index in [0.717, 1.165) is 27.2 Å². The SMILES string of the molecule is CCc1cc2c(SC(C)C(=O)NCc3ccc(Cl)cc3)ncnc2s1. The number of nitrogens with one attached hydrogen (secondary N) is 1. The molecule has 0 saturated carbocycles. The van der Waals surface area contributed by atoms with Gasteiger partial charge in [-0.3, -0.25) is 4.79 Å². The zero-order valence-electron chi connectivity index (χ0n) is 14.0. The topological polar surface area (TPSA) is 54.9 Å². The first kappa shape index (κ1) is 18.2. The van der Waals surface area contributed by atoms with E-state index in [2.05, 4.69) is 28.3 Å². The van der Waals surface area contributed by atoms with E-state index in [1.807, 2.05) is 31.2 Å². The quantitative estimate of drug-likeness (QED) is 0.488. The van der Waals surface area contributed by atoms with E-state index in [9.17, 15) is 4.79 Å². The predicted octanol–water partition coefficient (Wildman–Crippen LogP) is 4.70. The molecule has 0 fully saturated rings. The van der Waals surface area contributed by atoms with Gasteiger partial charge >= 0.3 is 0 Å². The van der Waals surface area contributed by atoms with Crippen molar-refractivity contribution in [2.24, 2.45) is 0 Å². The van der Waals surface area contributed by atoms with Gasteiger partial charge in [0.2, 0.25) is 5.91 Å². The van der Waals surface area contributed by atoms with Crippen LogP contribution in [0.1, 0.15) is 24.3 Å². The number of rotatable bonds is 6. The molecule has 0 radical (unpaired) electrons. The number of thioether (sulfide) groups is 1. The Hall–Kier alpha value is -1.63. The van der Waals surface area contributed by atoms with Crippen molar-refractivity contribution < 1.29 is 4.79 Å². The van der Waals surface area contributed by atoms with Crippen LogP contribution < -0.4 is 5.32 Å². The lowest BCUT2D eigenvalue weighted by atomic mass is 10.2. The molecule has 0 saturated heterocycles. The molecule has 1 amide bonds. The molecule has 1 aromatic carbocycles. The summed E-state index contributed by atoms with van der Waals surface area (Å²) in [4.78, 5) is 23.3. The summed E-state index contributed by atoms with van der Waals surface area (Å²) in [7, 11) is 0. The van der Waals surface area contributed by atoms with Crippen LogP contribution in [-0.2, 0) is 17.8 Å². The van der Waals surface area contributed by atoms with E-state index in [0.29, 0.717) is 11.6 Å². The zero-order valence-corrected chi connectivity index (χ0v) is 16.3. The Labute approximate surface area is 160 Å². The molecular weight excluding hydrogens is 374 g/mol. The minimum atomic E-state index is -0.240. The summed E-state index contributed by atoms with van der Waals surface area (Å²) < 4.78 is 0. The highest BCUT2D eigenvalue weighted by molar-refractivity contribution is 8.00. The first-order valence-electron chi connectivity index (χ1n) is 7.99. The summed E-state index contributed by atoms with van der Waals surface area (Å²) >= 11 is 9.02. The summed E-state index contributed by atoms with van der Waals surface area (Å²) in [6.45, 7) is 4.50. The van der Waals surface area contributed by atoms with Gasteiger partial charge in [-0.1, -0.05) is 42.4 Å². The van der Waals surface area contributed by atoms with E-state index < -0.39 is 0 Å². The van der Waals surface area contributed by atoms with Gasteiger partial charge in [0.25, 0.3) is 0 Å². The molecule has 1 unspecified atom stereocenters. The number of carbonyl (C=O) groups excluding carboxylic acids is 1. The number of hydrogen-bond acceptors (Lipinski definition) is 5. The molecule has 1 N–H and O–H groups in total. The first-order chi connectivity index (χ1) is 12.1. The lowest BCUT2D eigenvalue weighted by Gasteiger charge is -2.12. The maximum Gasteiger partial charge on any atom is 0.233 e. The molecular formula is C18H18ClN3OS2. The molecule has 0 bridgehead atoms. The van der Waals surface area contributed by atoms with E-state index in [1.54, 1.807) is 17.7 Å². The second kappa shape index (κ2) is 8.17. The Morgan fingerprint density at radius 1 is 1.32 bits per heavy atom. The predicted molar refractivity (Wildman–Crippen MR) is 105 cm³/mol. The van der Waals surface area contributed by atoms with E-state index >= 15 is 0 Å². The van der Waals surface area contributed by atoms with Gasteiger partial charge in [0.15, 0.2) is 0 Å². The van der Waals surface area contributed by atoms with E-state index in [1.165, 1.54) is 16.6 Å². The Bertz CT molecular complexity index is 880. The zero-order chi connectivity index (χ0) is 17.8. The Morgan fingerprint density at radius 3 is 2.80 bits per heavy atom. The van der Waals surface area contributed by atoms with Crippen LogP contribution in [0.15, 0.2) is 41.7 Å². The summed E-state index contributed by atoms with van der Waals surface area (Å²) in [5.41, 5.74) is 1.02. The summed E-state index contributed by atoms with van der Waals surface area (Å²) in [5, 5.41) is 5.30. The molecule has 3 rings (SSSR count). The van der Waals surface area contributed by atoms with E-state index in [4.69, 9.17) is 11.6 Å². The Morgan fingerprint density at radius 2 is 2.08 bits per heavy atom. The van der Waals surface area contributed by atoms with Crippen LogP contribution >= 0.6 is 34.7 Å². The molecule has 4 nitrogen and oxygen atoms in total. The molecule has 0 aliphatic heterocycles. The maximum atomic E-state index is 12.4. The molecule has 2 aromatic heterocycles. The summed E-state index contributed by atoms with van der Waals surface area (Å²) in [6.07, 6.45) is 2.54. The number of halogens is 1. The van der Waals surface area contributed by atoms with Crippen LogP contribution in [-0.4, -0.2) is 21.1 Å². The van der Waals surface area contributed by atoms with Crippen LogP contribution in [0, 0.1) is 0 Å². The van der Waals surface area contributed by atoms with Crippen LogP contribution in [0.2, 0.25) is 5.02 Å². The minimum absolute atomic E-state index is 0.0161. The average Bonchev–Trinajstić information content (AvgIpc) is 3.05. The lowest BCUT2D eigenvalue weighted by Crippen LogP contribution is -2.30. The third kappa shape index (κ3) is 4.51. The van der Waals surface area contributed by atoms with Crippen molar-refractivity contribution >= 4 is 50.8 Å². The second-order valence-electron chi connectivity index (χ2n) is 5.57. The van der Waals surface area contributed by atoms with Crippen LogP contribution in [0.3, 0.4) is 0 Å². The van der Waals surface area contributed by atoms with Gasteiger partial charge in [0, 0.05) is 21.8 Å². The Balaban J connectivity index is 1.65. The first-order valence-corrected chi connectivity index (χ1v) is 10.1. The molecule has 3 aromatic rings. The van der Waals surface area contributed by atoms with Gasteiger partial charge in [0.05, 0.1) is 5.25 Å². The van der Waals surface area contributed by atoms with Crippen molar-refractivity contribution in [3.63, 3.8) is 0 Å². The minimum Gasteiger partial charge on any atom is -0.351 e. The summed E-state index contributed by atoms with van der Waals surface area (Å²) in [6, 6.07) is 9.58. The normalized spacial score (nSPS) is 12.3. The van der Waals surface area contributed by atoms with Crippen molar-refractivity contribution in [3.05, 3.63) is 52.1 Å². The van der Waals surface area contributed by atoms with Crippen molar-refractivity contribution in [2.75, 3.05) is 0 Å². The maximum absolute atomic E-state index is 12.4. The molecule has 1 atom stereocenters. The highest BCUT2D eigenvalue weighted by atomic mass is 35.5. The number of aromatic nitrogens is 2. The van der Waals surface area contributed by atoms with E-state index in [-0.39, 0.29) is 11.2 Å². The van der Waals surface area contributed by atoms with Gasteiger partial charge < -0.3 is 5.32 Å². The Kier molecular flexibility index (Phi) is 5.93. The van der Waals surface area contributed by atoms with Gasteiger partial charge in [-0.05, 0) is 37.1 Å². The number of aryl methyl sites for hydroxylation is 1. The average molecular weight is 392 g/mol. The third-order valence-electron chi connectivity index (χ3n) is 3.73. The second-order valence-corrected chi connectivity index (χ2v) is 8.45. The lowest BCUT2D eigenvalue weighted by molar-refractivity contribution is -0.120. The van der Waals surface area contributed by atoms with Gasteiger partial charge in [-0.2, -0.15) is 0 Å². The third-order valence-corrected chi connectivity index (χ3v) is 6.29. The molecule has 7 heteroatoms. The van der Waals surface area contributed by atoms with Crippen LogP contribution in [0.4, 0.5) is 0 Å². The number of benzene rings is 1. The van der Waals surface area contributed by atoms with Crippen molar-refractivity contribution in [3.8, 4) is 0 Å². The fourth-order valence-corrected chi connectivity index (χ4v) is 4.35. The number of carbonyl (C=O) groups is 1. The number of fused-ring (bicyclic) bond motifs is 1. The van der Waals surface area contributed by atoms with Crippen molar-refractivity contribution in [2.45, 2.75) is 37.1 Å². The standard InChI is InChI=1S/C18H18ClN3OS2/c1-3-14-8-15-17(21-10-22-18(15)25-14)24-11(2)16(23)20-9-12-4-6-13(19)7-5-12/h4-8,10-11H,3,9H2,1-2H3,(H,20,23). The van der Waals surface area contributed by atoms with Gasteiger partial charge in [0.1, 0.15) is 16.2 Å². The number of thiophene rings is 1. The smallest absolute Gasteiger partial charge is 0.233 e. The number of hydrogen-bond donors (Lipinski definition) is 1. The molecule has 0 spiro atoms. The van der Waals surface area contributed by atoms with Crippen molar-refractivity contribution in [1.29, 1.82) is 0 Å². The number of amides is 1. The number of nitrogens with zero attached hydrogens (tertiary/aromatic N) is 2. The van der Waals surface area contributed by atoms with Gasteiger partial charge in [-0.15, -0.1) is 11.3 Å². The molecule has 2 heterocycles. The largest absolute Gasteiger partial charge is 0.351 e. The van der Waals surface area contributed by atoms with Gasteiger partial charge in [-0.25, -0.2) is 9.97 Å². The molecule has 130 valence electrons. The summed E-state index contributed by atoms with van der Waals surface area (Å²) in [5.74, 6) is -0.0161. The fourth-order valence-electron chi connectivity index (χ4n) is 2.31. The van der Waals surface area contributed by atoms with Crippen LogP contribution in [0.25, 0.3) is 10.2 Å². The van der Waals surface area contributed by atoms with Crippen molar-refractivity contribution in [1.82, 2.24) is 15.3 Å². The molecule has 0 aliphatic rings. The monoisotopic (exact) mass is 391 g/mol. The highest BCUT2D eigenvalue weighted by Gasteiger charge is 2.17. The van der Waals surface area contributed by atoms with Crippen LogP contribution in [0.5, 0.6) is 0 Å². The highest BCUT2D eigenvalue weighted by Crippen LogP contribution is 2.32. The fraction of sp³-hybridized carbons (Fsp3) is 0.278. The molecule has 25 heavy (non-hydrogen) atoms.